The van der Waals surface area contributed by atoms with Gasteiger partial charge in [0.1, 0.15) is 28.1 Å². The molecule has 0 saturated heterocycles. The molecule has 2 aromatic carbocycles. The zero-order valence-electron chi connectivity index (χ0n) is 13.7. The van der Waals surface area contributed by atoms with Gasteiger partial charge in [0.05, 0.1) is 18.3 Å². The maximum absolute atomic E-state index is 12.7. The third-order valence-electron chi connectivity index (χ3n) is 3.95. The van der Waals surface area contributed by atoms with Crippen LogP contribution in [0, 0.1) is 0 Å². The molecular formula is C21H16O4. The van der Waals surface area contributed by atoms with Crippen molar-refractivity contribution < 1.29 is 13.6 Å². The third kappa shape index (κ3) is 2.83. The Kier molecular flexibility index (Phi) is 3.86. The third-order valence-corrected chi connectivity index (χ3v) is 3.95. The number of hydrogen-bond donors (Lipinski definition) is 0. The molecule has 4 aromatic rings. The Bertz CT molecular complexity index is 1120. The van der Waals surface area contributed by atoms with Crippen LogP contribution in [0.3, 0.4) is 0 Å². The van der Waals surface area contributed by atoms with Gasteiger partial charge in [0.15, 0.2) is 5.43 Å². The van der Waals surface area contributed by atoms with Gasteiger partial charge in [0.25, 0.3) is 0 Å². The van der Waals surface area contributed by atoms with Crippen LogP contribution in [0.5, 0.6) is 5.75 Å². The molecule has 0 N–H and O–H groups in total. The van der Waals surface area contributed by atoms with Crippen molar-refractivity contribution in [1.29, 1.82) is 0 Å². The van der Waals surface area contributed by atoms with Crippen LogP contribution in [0.4, 0.5) is 0 Å². The van der Waals surface area contributed by atoms with E-state index in [2.05, 4.69) is 0 Å². The summed E-state index contributed by atoms with van der Waals surface area (Å²) >= 11 is 0. The van der Waals surface area contributed by atoms with E-state index in [1.165, 1.54) is 6.07 Å². The van der Waals surface area contributed by atoms with Crippen molar-refractivity contribution in [2.45, 2.75) is 6.92 Å². The molecule has 0 aliphatic rings. The van der Waals surface area contributed by atoms with Gasteiger partial charge in [-0.05, 0) is 24.6 Å². The van der Waals surface area contributed by atoms with E-state index in [1.807, 2.05) is 43.3 Å². The first kappa shape index (κ1) is 15.3. The Morgan fingerprint density at radius 3 is 2.68 bits per heavy atom. The van der Waals surface area contributed by atoms with E-state index in [0.717, 1.165) is 10.9 Å². The molecule has 0 unspecified atom stereocenters. The molecule has 4 heteroatoms. The van der Waals surface area contributed by atoms with E-state index >= 15 is 0 Å². The van der Waals surface area contributed by atoms with Crippen LogP contribution in [-0.2, 0) is 0 Å². The van der Waals surface area contributed by atoms with Gasteiger partial charge in [0, 0.05) is 12.1 Å². The first-order valence-corrected chi connectivity index (χ1v) is 8.10. The zero-order valence-corrected chi connectivity index (χ0v) is 13.7. The summed E-state index contributed by atoms with van der Waals surface area (Å²) in [6.45, 7) is 2.33. The Morgan fingerprint density at radius 1 is 1.04 bits per heavy atom. The van der Waals surface area contributed by atoms with Gasteiger partial charge in [0.2, 0.25) is 0 Å². The molecule has 0 aliphatic heterocycles. The first-order valence-electron chi connectivity index (χ1n) is 8.10. The van der Waals surface area contributed by atoms with Crippen LogP contribution in [-0.4, -0.2) is 6.61 Å². The maximum atomic E-state index is 12.7. The number of furan rings is 1. The Balaban J connectivity index is 1.88. The number of rotatable bonds is 4. The van der Waals surface area contributed by atoms with Crippen molar-refractivity contribution in [3.63, 3.8) is 0 Å². The SMILES string of the molecule is CCOc1c2ccoc2cc2oc(C=Cc3ccccc3)cc(=O)c12. The molecule has 0 aliphatic carbocycles. The molecule has 0 bridgehead atoms. The van der Waals surface area contributed by atoms with Gasteiger partial charge in [-0.2, -0.15) is 0 Å². The fraction of sp³-hybridized carbons (Fsp3) is 0.0952. The monoisotopic (exact) mass is 332 g/mol. The second kappa shape index (κ2) is 6.32. The lowest BCUT2D eigenvalue weighted by molar-refractivity contribution is 0.347. The normalized spacial score (nSPS) is 11.6. The van der Waals surface area contributed by atoms with Gasteiger partial charge in [-0.25, -0.2) is 0 Å². The minimum Gasteiger partial charge on any atom is -0.492 e. The second-order valence-corrected chi connectivity index (χ2v) is 5.60. The topological polar surface area (TPSA) is 52.6 Å². The summed E-state index contributed by atoms with van der Waals surface area (Å²) in [6.07, 6.45) is 5.26. The highest BCUT2D eigenvalue weighted by Crippen LogP contribution is 2.34. The maximum Gasteiger partial charge on any atom is 0.197 e. The lowest BCUT2D eigenvalue weighted by atomic mass is 10.1. The molecule has 124 valence electrons. The summed E-state index contributed by atoms with van der Waals surface area (Å²) in [5.74, 6) is 0.991. The summed E-state index contributed by atoms with van der Waals surface area (Å²) in [5, 5.41) is 1.21. The van der Waals surface area contributed by atoms with Crippen LogP contribution in [0.15, 0.2) is 68.4 Å². The van der Waals surface area contributed by atoms with Crippen molar-refractivity contribution in [2.24, 2.45) is 0 Å². The average molecular weight is 332 g/mol. The van der Waals surface area contributed by atoms with Crippen molar-refractivity contribution in [3.05, 3.63) is 76.3 Å². The highest BCUT2D eigenvalue weighted by Gasteiger charge is 2.16. The summed E-state index contributed by atoms with van der Waals surface area (Å²) in [7, 11) is 0. The van der Waals surface area contributed by atoms with Crippen LogP contribution in [0.1, 0.15) is 18.2 Å². The van der Waals surface area contributed by atoms with Gasteiger partial charge in [-0.15, -0.1) is 0 Å². The number of hydrogen-bond acceptors (Lipinski definition) is 4. The molecule has 0 amide bonds. The van der Waals surface area contributed by atoms with E-state index in [9.17, 15) is 4.79 Å². The first-order chi connectivity index (χ1) is 12.3. The van der Waals surface area contributed by atoms with Gasteiger partial charge < -0.3 is 13.6 Å². The van der Waals surface area contributed by atoms with Gasteiger partial charge in [-0.1, -0.05) is 36.4 Å². The number of benzene rings is 2. The molecule has 0 atom stereocenters. The molecular weight excluding hydrogens is 316 g/mol. The Hall–Kier alpha value is -3.27. The van der Waals surface area contributed by atoms with Crippen molar-refractivity contribution in [1.82, 2.24) is 0 Å². The minimum absolute atomic E-state index is 0.138. The standard InChI is InChI=1S/C21H16O4/c1-2-23-21-16-10-11-24-18(16)13-19-20(21)17(22)12-15(25-19)9-8-14-6-4-3-5-7-14/h3-13H,2H2,1H3. The van der Waals surface area contributed by atoms with E-state index in [4.69, 9.17) is 13.6 Å². The predicted octanol–water partition coefficient (Wildman–Crippen LogP) is 5.11. The molecule has 0 spiro atoms. The summed E-state index contributed by atoms with van der Waals surface area (Å²) < 4.78 is 17.1. The van der Waals surface area contributed by atoms with Gasteiger partial charge >= 0.3 is 0 Å². The molecule has 0 fully saturated rings. The molecule has 25 heavy (non-hydrogen) atoms. The van der Waals surface area contributed by atoms with Crippen LogP contribution >= 0.6 is 0 Å². The Morgan fingerprint density at radius 2 is 1.88 bits per heavy atom. The zero-order chi connectivity index (χ0) is 17.2. The number of ether oxygens (including phenoxy) is 1. The lowest BCUT2D eigenvalue weighted by Gasteiger charge is -2.08. The largest absolute Gasteiger partial charge is 0.492 e. The highest BCUT2D eigenvalue weighted by atomic mass is 16.5. The smallest absolute Gasteiger partial charge is 0.197 e. The van der Waals surface area contributed by atoms with E-state index in [0.29, 0.717) is 34.7 Å². The molecule has 4 nitrogen and oxygen atoms in total. The van der Waals surface area contributed by atoms with Crippen molar-refractivity contribution >= 4 is 34.1 Å². The van der Waals surface area contributed by atoms with Crippen LogP contribution in [0.25, 0.3) is 34.1 Å². The fourth-order valence-corrected chi connectivity index (χ4v) is 2.85. The summed E-state index contributed by atoms with van der Waals surface area (Å²) in [6, 6.07) is 14.8. The van der Waals surface area contributed by atoms with E-state index < -0.39 is 0 Å². The van der Waals surface area contributed by atoms with Crippen molar-refractivity contribution in [2.75, 3.05) is 6.61 Å². The van der Waals surface area contributed by atoms with Gasteiger partial charge in [-0.3, -0.25) is 4.79 Å². The predicted molar refractivity (Wildman–Crippen MR) is 98.8 cm³/mol. The van der Waals surface area contributed by atoms with E-state index in [1.54, 1.807) is 24.5 Å². The molecule has 0 saturated carbocycles. The fourth-order valence-electron chi connectivity index (χ4n) is 2.85. The minimum atomic E-state index is -0.138. The average Bonchev–Trinajstić information content (AvgIpc) is 3.09. The quantitative estimate of drug-likeness (QED) is 0.521. The van der Waals surface area contributed by atoms with Crippen LogP contribution < -0.4 is 10.2 Å². The number of fused-ring (bicyclic) bond motifs is 2. The van der Waals surface area contributed by atoms with Crippen molar-refractivity contribution in [3.8, 4) is 5.75 Å². The molecule has 4 rings (SSSR count). The lowest BCUT2D eigenvalue weighted by Crippen LogP contribution is -2.04. The molecule has 0 radical (unpaired) electrons. The van der Waals surface area contributed by atoms with E-state index in [-0.39, 0.29) is 5.43 Å². The summed E-state index contributed by atoms with van der Waals surface area (Å²) in [4.78, 5) is 12.7. The highest BCUT2D eigenvalue weighted by molar-refractivity contribution is 6.01. The van der Waals surface area contributed by atoms with Crippen LogP contribution in [0.2, 0.25) is 0 Å². The summed E-state index contributed by atoms with van der Waals surface area (Å²) in [5.41, 5.74) is 1.97. The molecule has 2 aromatic heterocycles. The molecule has 2 heterocycles. The Labute approximate surface area is 143 Å². The second-order valence-electron chi connectivity index (χ2n) is 5.60.